The molecular weight excluding hydrogens is 459 g/mol. The molecule has 0 heterocycles. The van der Waals surface area contributed by atoms with E-state index in [4.69, 9.17) is 9.47 Å². The van der Waals surface area contributed by atoms with Crippen molar-refractivity contribution in [2.24, 2.45) is 10.4 Å². The standard InChI is InChI=1S/C19H36N4O3.HI/c1-5-26-16-13-15(19(16)9-7-6-8-10-19)22-18(20-11-12-25-4)21-14-17(24)23(2)3;/h15-16H,5-14H2,1-4H3,(H2,20,21,22);1H. The average Bonchev–Trinajstić information content (AvgIpc) is 2.65. The predicted molar refractivity (Wildman–Crippen MR) is 119 cm³/mol. The summed E-state index contributed by atoms with van der Waals surface area (Å²) in [6.45, 7) is 4.24. The van der Waals surface area contributed by atoms with Crippen molar-refractivity contribution in [2.75, 3.05) is 47.5 Å². The minimum atomic E-state index is -0.00831. The third-order valence-corrected chi connectivity index (χ3v) is 5.72. The Morgan fingerprint density at radius 1 is 1.26 bits per heavy atom. The number of halogens is 1. The van der Waals surface area contributed by atoms with Gasteiger partial charge in [-0.25, -0.2) is 4.99 Å². The number of aliphatic imine (C=N–C) groups is 1. The van der Waals surface area contributed by atoms with Crippen LogP contribution in [0.1, 0.15) is 45.4 Å². The molecule has 27 heavy (non-hydrogen) atoms. The number of rotatable bonds is 8. The Bertz CT molecular complexity index is 482. The number of nitrogens with zero attached hydrogens (tertiary/aromatic N) is 2. The monoisotopic (exact) mass is 496 g/mol. The van der Waals surface area contributed by atoms with Crippen LogP contribution in [0.15, 0.2) is 4.99 Å². The molecule has 2 fully saturated rings. The van der Waals surface area contributed by atoms with Crippen molar-refractivity contribution in [3.63, 3.8) is 0 Å². The maximum atomic E-state index is 11.9. The zero-order valence-electron chi connectivity index (χ0n) is 17.3. The number of hydrogen-bond acceptors (Lipinski definition) is 4. The lowest BCUT2D eigenvalue weighted by atomic mass is 9.55. The largest absolute Gasteiger partial charge is 0.383 e. The molecule has 1 spiro atoms. The first-order valence-electron chi connectivity index (χ1n) is 9.89. The summed E-state index contributed by atoms with van der Waals surface area (Å²) < 4.78 is 11.1. The minimum Gasteiger partial charge on any atom is -0.383 e. The third-order valence-electron chi connectivity index (χ3n) is 5.72. The van der Waals surface area contributed by atoms with Crippen molar-refractivity contribution in [2.45, 2.75) is 57.6 Å². The number of carbonyl (C=O) groups excluding carboxylic acids is 1. The van der Waals surface area contributed by atoms with Crippen molar-refractivity contribution >= 4 is 35.8 Å². The highest BCUT2D eigenvalue weighted by Crippen LogP contribution is 2.53. The van der Waals surface area contributed by atoms with Crippen LogP contribution in [0.4, 0.5) is 0 Å². The van der Waals surface area contributed by atoms with Crippen LogP contribution in [0.3, 0.4) is 0 Å². The van der Waals surface area contributed by atoms with Gasteiger partial charge in [0.05, 0.1) is 12.7 Å². The molecule has 0 aromatic heterocycles. The maximum absolute atomic E-state index is 11.9. The fourth-order valence-electron chi connectivity index (χ4n) is 4.14. The molecule has 0 bridgehead atoms. The van der Waals surface area contributed by atoms with E-state index in [1.54, 1.807) is 26.1 Å². The first-order chi connectivity index (χ1) is 12.5. The summed E-state index contributed by atoms with van der Waals surface area (Å²) in [4.78, 5) is 18.0. The molecule has 0 aliphatic heterocycles. The average molecular weight is 496 g/mol. The number of methoxy groups -OCH3 is 1. The van der Waals surface area contributed by atoms with E-state index in [0.717, 1.165) is 13.0 Å². The molecule has 2 atom stereocenters. The molecule has 2 aliphatic rings. The zero-order chi connectivity index (χ0) is 19.0. The summed E-state index contributed by atoms with van der Waals surface area (Å²) in [5.74, 6) is 0.688. The van der Waals surface area contributed by atoms with E-state index in [9.17, 15) is 4.79 Å². The first kappa shape index (κ1) is 24.4. The number of carbonyl (C=O) groups is 1. The molecule has 2 saturated carbocycles. The Hall–Kier alpha value is -0.610. The molecule has 2 unspecified atom stereocenters. The van der Waals surface area contributed by atoms with Gasteiger partial charge in [0.1, 0.15) is 6.54 Å². The number of likely N-dealkylation sites (N-methyl/N-ethyl adjacent to an activating group) is 1. The second kappa shape index (κ2) is 12.1. The summed E-state index contributed by atoms with van der Waals surface area (Å²) in [6, 6.07) is 0.350. The number of hydrogen-bond donors (Lipinski definition) is 2. The Balaban J connectivity index is 0.00000364. The van der Waals surface area contributed by atoms with E-state index in [1.165, 1.54) is 32.1 Å². The first-order valence-corrected chi connectivity index (χ1v) is 9.89. The molecule has 2 N–H and O–H groups in total. The van der Waals surface area contributed by atoms with E-state index in [1.807, 2.05) is 0 Å². The van der Waals surface area contributed by atoms with Gasteiger partial charge in [0.25, 0.3) is 0 Å². The third kappa shape index (κ3) is 6.45. The highest BCUT2D eigenvalue weighted by Gasteiger charge is 2.55. The lowest BCUT2D eigenvalue weighted by Gasteiger charge is -2.58. The van der Waals surface area contributed by atoms with Crippen molar-refractivity contribution in [1.29, 1.82) is 0 Å². The Morgan fingerprint density at radius 2 is 1.96 bits per heavy atom. The lowest BCUT2D eigenvalue weighted by molar-refractivity contribution is -0.145. The summed E-state index contributed by atoms with van der Waals surface area (Å²) >= 11 is 0. The summed E-state index contributed by atoms with van der Waals surface area (Å²) in [6.07, 6.45) is 7.61. The molecule has 2 aliphatic carbocycles. The molecule has 158 valence electrons. The van der Waals surface area contributed by atoms with Crippen molar-refractivity contribution < 1.29 is 14.3 Å². The van der Waals surface area contributed by atoms with Gasteiger partial charge in [-0.15, -0.1) is 24.0 Å². The van der Waals surface area contributed by atoms with Gasteiger partial charge in [-0.2, -0.15) is 0 Å². The van der Waals surface area contributed by atoms with Gasteiger partial charge in [-0.3, -0.25) is 4.79 Å². The lowest BCUT2D eigenvalue weighted by Crippen LogP contribution is -2.66. The van der Waals surface area contributed by atoms with E-state index in [-0.39, 0.29) is 41.8 Å². The number of guanidine groups is 1. The molecule has 7 nitrogen and oxygen atoms in total. The fraction of sp³-hybridized carbons (Fsp3) is 0.895. The van der Waals surface area contributed by atoms with Gasteiger partial charge >= 0.3 is 0 Å². The van der Waals surface area contributed by atoms with Crippen LogP contribution >= 0.6 is 24.0 Å². The number of ether oxygens (including phenoxy) is 2. The molecule has 8 heteroatoms. The molecule has 0 radical (unpaired) electrons. The highest BCUT2D eigenvalue weighted by atomic mass is 127. The van der Waals surface area contributed by atoms with Gasteiger partial charge in [0.15, 0.2) is 5.96 Å². The molecule has 2 rings (SSSR count). The van der Waals surface area contributed by atoms with Gasteiger partial charge in [-0.05, 0) is 26.2 Å². The zero-order valence-corrected chi connectivity index (χ0v) is 19.6. The predicted octanol–water partition coefficient (Wildman–Crippen LogP) is 2.00. The van der Waals surface area contributed by atoms with Crippen LogP contribution in [0.25, 0.3) is 0 Å². The van der Waals surface area contributed by atoms with Gasteiger partial charge < -0.3 is 25.0 Å². The summed E-state index contributed by atoms with van der Waals surface area (Å²) in [5, 5.41) is 6.87. The van der Waals surface area contributed by atoms with Gasteiger partial charge in [0, 0.05) is 45.8 Å². The summed E-state index contributed by atoms with van der Waals surface area (Å²) in [7, 11) is 5.18. The maximum Gasteiger partial charge on any atom is 0.243 e. The Labute approximate surface area is 181 Å². The van der Waals surface area contributed by atoms with Crippen LogP contribution in [0.5, 0.6) is 0 Å². The molecule has 0 aromatic rings. The molecule has 0 aromatic carbocycles. The van der Waals surface area contributed by atoms with E-state index >= 15 is 0 Å². The Kier molecular flexibility index (Phi) is 10.9. The van der Waals surface area contributed by atoms with Gasteiger partial charge in [0.2, 0.25) is 5.91 Å². The highest BCUT2D eigenvalue weighted by molar-refractivity contribution is 14.0. The van der Waals surface area contributed by atoms with Crippen LogP contribution in [0, 0.1) is 5.41 Å². The molecular formula is C19H37IN4O3. The second-order valence-corrected chi connectivity index (χ2v) is 7.54. The van der Waals surface area contributed by atoms with Crippen LogP contribution in [-0.4, -0.2) is 76.4 Å². The molecule has 0 saturated heterocycles. The van der Waals surface area contributed by atoms with Gasteiger partial charge in [-0.1, -0.05) is 19.3 Å². The quantitative estimate of drug-likeness (QED) is 0.233. The van der Waals surface area contributed by atoms with E-state index in [2.05, 4.69) is 22.5 Å². The van der Waals surface area contributed by atoms with Crippen molar-refractivity contribution in [1.82, 2.24) is 15.5 Å². The SMILES string of the molecule is CCOC1CC(NC(=NCC(=O)N(C)C)NCCOC)C12CCCCC2.I. The van der Waals surface area contributed by atoms with E-state index < -0.39 is 0 Å². The number of nitrogens with one attached hydrogen (secondary N) is 2. The topological polar surface area (TPSA) is 75.2 Å². The second-order valence-electron chi connectivity index (χ2n) is 7.54. The van der Waals surface area contributed by atoms with Crippen LogP contribution in [0.2, 0.25) is 0 Å². The minimum absolute atomic E-state index is 0. The van der Waals surface area contributed by atoms with Crippen LogP contribution in [-0.2, 0) is 14.3 Å². The van der Waals surface area contributed by atoms with Crippen molar-refractivity contribution in [3.05, 3.63) is 0 Å². The summed E-state index contributed by atoms with van der Waals surface area (Å²) in [5.41, 5.74) is 0.212. The van der Waals surface area contributed by atoms with Crippen LogP contribution < -0.4 is 10.6 Å². The molecule has 1 amide bonds. The smallest absolute Gasteiger partial charge is 0.243 e. The van der Waals surface area contributed by atoms with Crippen molar-refractivity contribution in [3.8, 4) is 0 Å². The number of amides is 1. The van der Waals surface area contributed by atoms with E-state index in [0.29, 0.717) is 31.3 Å². The fourth-order valence-corrected chi connectivity index (χ4v) is 4.14. The Morgan fingerprint density at radius 3 is 2.56 bits per heavy atom. The normalized spacial score (nSPS) is 23.9.